The topological polar surface area (TPSA) is 84.2 Å². The Labute approximate surface area is 142 Å². The van der Waals surface area contributed by atoms with Crippen LogP contribution in [0.3, 0.4) is 0 Å². The standard InChI is InChI=1S/C17H23N3O2.ClH/c18-13-5-1-4-12(9-13)17(22)19-14-7-8-15-11(10-14)3-2-6-16(21)20-15;/h7-8,10,12-13H,1-6,9,18H2,(H,19,22)(H,20,21);1H. The van der Waals surface area contributed by atoms with Crippen LogP contribution in [0.15, 0.2) is 18.2 Å². The van der Waals surface area contributed by atoms with Crippen LogP contribution >= 0.6 is 12.4 Å². The van der Waals surface area contributed by atoms with Gasteiger partial charge in [-0.1, -0.05) is 6.42 Å². The van der Waals surface area contributed by atoms with E-state index in [1.165, 1.54) is 0 Å². The summed E-state index contributed by atoms with van der Waals surface area (Å²) in [5.41, 5.74) is 8.71. The molecule has 0 bridgehead atoms. The molecule has 1 aliphatic heterocycles. The highest BCUT2D eigenvalue weighted by Gasteiger charge is 2.25. The third kappa shape index (κ3) is 4.45. The van der Waals surface area contributed by atoms with Crippen LogP contribution in [0.4, 0.5) is 11.4 Å². The lowest BCUT2D eigenvalue weighted by atomic mass is 9.85. The molecule has 1 aromatic carbocycles. The maximum atomic E-state index is 12.4. The Kier molecular flexibility index (Phi) is 6.02. The smallest absolute Gasteiger partial charge is 0.227 e. The molecule has 0 spiro atoms. The van der Waals surface area contributed by atoms with Crippen LogP contribution in [-0.4, -0.2) is 17.9 Å². The van der Waals surface area contributed by atoms with E-state index in [1.807, 2.05) is 18.2 Å². The van der Waals surface area contributed by atoms with E-state index in [0.717, 1.165) is 55.5 Å². The quantitative estimate of drug-likeness (QED) is 0.775. The second kappa shape index (κ2) is 7.79. The number of carbonyl (C=O) groups is 2. The monoisotopic (exact) mass is 337 g/mol. The maximum Gasteiger partial charge on any atom is 0.227 e. The van der Waals surface area contributed by atoms with E-state index in [-0.39, 0.29) is 36.2 Å². The summed E-state index contributed by atoms with van der Waals surface area (Å²) in [6.45, 7) is 0. The van der Waals surface area contributed by atoms with Crippen LogP contribution in [0.5, 0.6) is 0 Å². The fourth-order valence-corrected chi connectivity index (χ4v) is 3.36. The van der Waals surface area contributed by atoms with Crippen molar-refractivity contribution in [3.8, 4) is 0 Å². The summed E-state index contributed by atoms with van der Waals surface area (Å²) in [5, 5.41) is 5.91. The van der Waals surface area contributed by atoms with Crippen molar-refractivity contribution in [2.24, 2.45) is 11.7 Å². The minimum atomic E-state index is 0. The first-order valence-corrected chi connectivity index (χ1v) is 8.11. The predicted molar refractivity (Wildman–Crippen MR) is 93.8 cm³/mol. The molecular weight excluding hydrogens is 314 g/mol. The van der Waals surface area contributed by atoms with Gasteiger partial charge in [-0.15, -0.1) is 12.4 Å². The first-order valence-electron chi connectivity index (χ1n) is 8.11. The van der Waals surface area contributed by atoms with Gasteiger partial charge in [-0.2, -0.15) is 0 Å². The third-order valence-corrected chi connectivity index (χ3v) is 4.58. The molecule has 0 radical (unpaired) electrons. The van der Waals surface area contributed by atoms with E-state index < -0.39 is 0 Å². The van der Waals surface area contributed by atoms with Crippen molar-refractivity contribution in [3.63, 3.8) is 0 Å². The highest BCUT2D eigenvalue weighted by molar-refractivity contribution is 5.95. The Morgan fingerprint density at radius 3 is 2.83 bits per heavy atom. The zero-order valence-electron chi connectivity index (χ0n) is 13.1. The third-order valence-electron chi connectivity index (χ3n) is 4.58. The molecule has 23 heavy (non-hydrogen) atoms. The molecular formula is C17H24ClN3O2. The summed E-state index contributed by atoms with van der Waals surface area (Å²) in [4.78, 5) is 23.9. The first-order chi connectivity index (χ1) is 10.6. The Hall–Kier alpha value is -1.59. The largest absolute Gasteiger partial charge is 0.328 e. The fraction of sp³-hybridized carbons (Fsp3) is 0.529. The number of fused-ring (bicyclic) bond motifs is 1. The number of nitrogens with one attached hydrogen (secondary N) is 2. The van der Waals surface area contributed by atoms with Gasteiger partial charge in [-0.05, 0) is 55.9 Å². The van der Waals surface area contributed by atoms with Crippen molar-refractivity contribution in [2.45, 2.75) is 51.0 Å². The van der Waals surface area contributed by atoms with Crippen molar-refractivity contribution >= 4 is 35.6 Å². The molecule has 1 aromatic rings. The molecule has 2 atom stereocenters. The van der Waals surface area contributed by atoms with E-state index in [2.05, 4.69) is 10.6 Å². The van der Waals surface area contributed by atoms with E-state index in [0.29, 0.717) is 6.42 Å². The Bertz CT molecular complexity index is 591. The van der Waals surface area contributed by atoms with Gasteiger partial charge in [-0.3, -0.25) is 9.59 Å². The van der Waals surface area contributed by atoms with Crippen molar-refractivity contribution in [1.82, 2.24) is 0 Å². The van der Waals surface area contributed by atoms with Crippen LogP contribution in [0.1, 0.15) is 44.1 Å². The number of rotatable bonds is 2. The molecule has 0 saturated heterocycles. The first kappa shape index (κ1) is 17.8. The molecule has 0 aromatic heterocycles. The SMILES string of the molecule is Cl.NC1CCCC(C(=O)Nc2ccc3c(c2)CCCC(=O)N3)C1. The van der Waals surface area contributed by atoms with Gasteiger partial charge in [-0.25, -0.2) is 0 Å². The lowest BCUT2D eigenvalue weighted by Crippen LogP contribution is -2.34. The van der Waals surface area contributed by atoms with Gasteiger partial charge in [0.05, 0.1) is 0 Å². The van der Waals surface area contributed by atoms with Crippen LogP contribution in [0.25, 0.3) is 0 Å². The molecule has 4 N–H and O–H groups in total. The maximum absolute atomic E-state index is 12.4. The molecule has 5 nitrogen and oxygen atoms in total. The van der Waals surface area contributed by atoms with Gasteiger partial charge in [0, 0.05) is 29.8 Å². The summed E-state index contributed by atoms with van der Waals surface area (Å²) in [6, 6.07) is 5.85. The number of hydrogen-bond donors (Lipinski definition) is 3. The number of aryl methyl sites for hydroxylation is 1. The van der Waals surface area contributed by atoms with Gasteiger partial charge >= 0.3 is 0 Å². The fourth-order valence-electron chi connectivity index (χ4n) is 3.36. The Morgan fingerprint density at radius 1 is 1.22 bits per heavy atom. The lowest BCUT2D eigenvalue weighted by molar-refractivity contribution is -0.121. The van der Waals surface area contributed by atoms with Crippen LogP contribution in [-0.2, 0) is 16.0 Å². The molecule has 2 unspecified atom stereocenters. The average molecular weight is 338 g/mol. The second-order valence-corrected chi connectivity index (χ2v) is 6.39. The Balaban J connectivity index is 0.00000192. The highest BCUT2D eigenvalue weighted by atomic mass is 35.5. The Morgan fingerprint density at radius 2 is 2.04 bits per heavy atom. The molecule has 1 saturated carbocycles. The second-order valence-electron chi connectivity index (χ2n) is 6.39. The summed E-state index contributed by atoms with van der Waals surface area (Å²) in [6.07, 6.45) is 5.97. The van der Waals surface area contributed by atoms with Crippen molar-refractivity contribution < 1.29 is 9.59 Å². The molecule has 1 fully saturated rings. The minimum absolute atomic E-state index is 0. The molecule has 3 rings (SSSR count). The number of carbonyl (C=O) groups excluding carboxylic acids is 2. The average Bonchev–Trinajstić information content (AvgIpc) is 2.67. The summed E-state index contributed by atoms with van der Waals surface area (Å²) in [5.74, 6) is 0.141. The normalized spacial score (nSPS) is 23.8. The number of halogens is 1. The zero-order chi connectivity index (χ0) is 15.5. The van der Waals surface area contributed by atoms with Gasteiger partial charge in [0.25, 0.3) is 0 Å². The van der Waals surface area contributed by atoms with Crippen LogP contribution in [0, 0.1) is 5.92 Å². The molecule has 1 aliphatic carbocycles. The summed E-state index contributed by atoms with van der Waals surface area (Å²) >= 11 is 0. The molecule has 6 heteroatoms. The summed E-state index contributed by atoms with van der Waals surface area (Å²) in [7, 11) is 0. The van der Waals surface area contributed by atoms with Crippen LogP contribution in [0.2, 0.25) is 0 Å². The van der Waals surface area contributed by atoms with E-state index in [9.17, 15) is 9.59 Å². The zero-order valence-corrected chi connectivity index (χ0v) is 14.0. The molecule has 2 aliphatic rings. The number of hydrogen-bond acceptors (Lipinski definition) is 3. The molecule has 2 amide bonds. The number of anilines is 2. The minimum Gasteiger partial charge on any atom is -0.328 e. The highest BCUT2D eigenvalue weighted by Crippen LogP contribution is 2.27. The van der Waals surface area contributed by atoms with E-state index in [4.69, 9.17) is 5.73 Å². The predicted octanol–water partition coefficient (Wildman–Crippen LogP) is 2.84. The molecule has 1 heterocycles. The number of amides is 2. The number of benzene rings is 1. The van der Waals surface area contributed by atoms with Gasteiger partial charge in [0.15, 0.2) is 0 Å². The van der Waals surface area contributed by atoms with Crippen molar-refractivity contribution in [2.75, 3.05) is 10.6 Å². The summed E-state index contributed by atoms with van der Waals surface area (Å²) < 4.78 is 0. The van der Waals surface area contributed by atoms with E-state index >= 15 is 0 Å². The van der Waals surface area contributed by atoms with Gasteiger partial charge < -0.3 is 16.4 Å². The van der Waals surface area contributed by atoms with Gasteiger partial charge in [0.2, 0.25) is 11.8 Å². The van der Waals surface area contributed by atoms with Crippen molar-refractivity contribution in [1.29, 1.82) is 0 Å². The van der Waals surface area contributed by atoms with Crippen molar-refractivity contribution in [3.05, 3.63) is 23.8 Å². The van der Waals surface area contributed by atoms with Gasteiger partial charge in [0.1, 0.15) is 0 Å². The number of nitrogens with two attached hydrogens (primary N) is 1. The van der Waals surface area contributed by atoms with Crippen LogP contribution < -0.4 is 16.4 Å². The lowest BCUT2D eigenvalue weighted by Gasteiger charge is -2.25. The van der Waals surface area contributed by atoms with E-state index in [1.54, 1.807) is 0 Å². The molecule has 126 valence electrons.